The molecular formula is C12H28N2O2. The predicted octanol–water partition coefficient (Wildman–Crippen LogP) is 1.27. The molecule has 1 atom stereocenters. The largest absolute Gasteiger partial charge is 0.374 e. The quantitative estimate of drug-likeness (QED) is 0.628. The molecule has 0 fully saturated rings. The molecule has 0 radical (unpaired) electrons. The van der Waals surface area contributed by atoms with Gasteiger partial charge < -0.3 is 20.9 Å². The van der Waals surface area contributed by atoms with Gasteiger partial charge in [-0.15, -0.1) is 0 Å². The van der Waals surface area contributed by atoms with Gasteiger partial charge in [0.25, 0.3) is 0 Å². The van der Waals surface area contributed by atoms with Crippen LogP contribution < -0.4 is 11.5 Å². The minimum Gasteiger partial charge on any atom is -0.374 e. The van der Waals surface area contributed by atoms with E-state index < -0.39 is 0 Å². The molecule has 0 saturated carbocycles. The first-order chi connectivity index (χ1) is 7.39. The highest BCUT2D eigenvalue weighted by molar-refractivity contribution is 4.75. The van der Waals surface area contributed by atoms with Crippen molar-refractivity contribution in [2.24, 2.45) is 11.5 Å². The summed E-state index contributed by atoms with van der Waals surface area (Å²) in [5, 5.41) is 0. The van der Waals surface area contributed by atoms with E-state index >= 15 is 0 Å². The van der Waals surface area contributed by atoms with Gasteiger partial charge in [0, 0.05) is 13.1 Å². The van der Waals surface area contributed by atoms with Crippen molar-refractivity contribution in [2.75, 3.05) is 26.3 Å². The van der Waals surface area contributed by atoms with Crippen LogP contribution in [0.3, 0.4) is 0 Å². The zero-order valence-corrected chi connectivity index (χ0v) is 11.2. The van der Waals surface area contributed by atoms with E-state index in [1.807, 2.05) is 6.92 Å². The second-order valence-electron chi connectivity index (χ2n) is 5.00. The van der Waals surface area contributed by atoms with E-state index in [2.05, 4.69) is 20.8 Å². The first kappa shape index (κ1) is 15.8. The summed E-state index contributed by atoms with van der Waals surface area (Å²) >= 11 is 0. The second-order valence-corrected chi connectivity index (χ2v) is 5.00. The van der Waals surface area contributed by atoms with E-state index in [1.54, 1.807) is 0 Å². The Kier molecular flexibility index (Phi) is 7.15. The van der Waals surface area contributed by atoms with Crippen LogP contribution in [0.25, 0.3) is 0 Å². The van der Waals surface area contributed by atoms with Crippen molar-refractivity contribution in [2.45, 2.75) is 51.7 Å². The van der Waals surface area contributed by atoms with Crippen LogP contribution in [0.2, 0.25) is 0 Å². The molecule has 16 heavy (non-hydrogen) atoms. The van der Waals surface area contributed by atoms with Gasteiger partial charge in [-0.05, 0) is 33.6 Å². The summed E-state index contributed by atoms with van der Waals surface area (Å²) in [6.07, 6.45) is 1.77. The van der Waals surface area contributed by atoms with Gasteiger partial charge in [0.2, 0.25) is 0 Å². The topological polar surface area (TPSA) is 70.5 Å². The first-order valence-electron chi connectivity index (χ1n) is 6.07. The average molecular weight is 232 g/mol. The van der Waals surface area contributed by atoms with Crippen molar-refractivity contribution in [3.63, 3.8) is 0 Å². The molecule has 0 aliphatic rings. The predicted molar refractivity (Wildman–Crippen MR) is 67.4 cm³/mol. The van der Waals surface area contributed by atoms with Crippen LogP contribution in [0.1, 0.15) is 40.5 Å². The Morgan fingerprint density at radius 2 is 1.62 bits per heavy atom. The standard InChI is InChI=1S/C12H28N2O2/c1-5-12(4,10-14)16-8-6-11(2,3)15-9-7-13/h5-10,13-14H2,1-4H3. The highest BCUT2D eigenvalue weighted by Gasteiger charge is 2.23. The Labute approximate surface area is 99.7 Å². The van der Waals surface area contributed by atoms with Crippen molar-refractivity contribution in [3.05, 3.63) is 0 Å². The van der Waals surface area contributed by atoms with E-state index in [0.717, 1.165) is 12.8 Å². The molecule has 0 spiro atoms. The maximum absolute atomic E-state index is 5.81. The average Bonchev–Trinajstić information content (AvgIpc) is 2.26. The molecule has 4 heteroatoms. The second kappa shape index (κ2) is 7.22. The van der Waals surface area contributed by atoms with Crippen molar-refractivity contribution < 1.29 is 9.47 Å². The lowest BCUT2D eigenvalue weighted by molar-refractivity contribution is -0.0743. The molecule has 0 aromatic carbocycles. The number of hydrogen-bond acceptors (Lipinski definition) is 4. The van der Waals surface area contributed by atoms with Gasteiger partial charge in [0.15, 0.2) is 0 Å². The van der Waals surface area contributed by atoms with Crippen LogP contribution in [-0.4, -0.2) is 37.5 Å². The summed E-state index contributed by atoms with van der Waals surface area (Å²) in [5.41, 5.74) is 10.7. The van der Waals surface area contributed by atoms with Gasteiger partial charge in [-0.1, -0.05) is 6.92 Å². The lowest BCUT2D eigenvalue weighted by Crippen LogP contribution is -2.38. The molecular weight excluding hydrogens is 204 g/mol. The van der Waals surface area contributed by atoms with Crippen molar-refractivity contribution in [1.29, 1.82) is 0 Å². The van der Waals surface area contributed by atoms with E-state index in [9.17, 15) is 0 Å². The maximum atomic E-state index is 5.81. The van der Waals surface area contributed by atoms with Crippen LogP contribution in [0, 0.1) is 0 Å². The lowest BCUT2D eigenvalue weighted by atomic mass is 10.0. The molecule has 4 nitrogen and oxygen atoms in total. The first-order valence-corrected chi connectivity index (χ1v) is 6.07. The number of nitrogens with two attached hydrogens (primary N) is 2. The smallest absolute Gasteiger partial charge is 0.0773 e. The molecule has 0 rings (SSSR count). The molecule has 0 aromatic heterocycles. The summed E-state index contributed by atoms with van der Waals surface area (Å²) in [6, 6.07) is 0. The molecule has 0 amide bonds. The fourth-order valence-corrected chi connectivity index (χ4v) is 1.26. The van der Waals surface area contributed by atoms with Gasteiger partial charge in [0.1, 0.15) is 0 Å². The zero-order valence-electron chi connectivity index (χ0n) is 11.2. The third kappa shape index (κ3) is 6.43. The fraction of sp³-hybridized carbons (Fsp3) is 1.00. The molecule has 98 valence electrons. The Morgan fingerprint density at radius 3 is 2.06 bits per heavy atom. The van der Waals surface area contributed by atoms with Gasteiger partial charge in [-0.25, -0.2) is 0 Å². The van der Waals surface area contributed by atoms with E-state index in [1.165, 1.54) is 0 Å². The highest BCUT2D eigenvalue weighted by atomic mass is 16.5. The Hall–Kier alpha value is -0.160. The zero-order chi connectivity index (χ0) is 12.7. The molecule has 0 aromatic rings. The fourth-order valence-electron chi connectivity index (χ4n) is 1.26. The van der Waals surface area contributed by atoms with Crippen molar-refractivity contribution in [1.82, 2.24) is 0 Å². The number of rotatable bonds is 9. The van der Waals surface area contributed by atoms with E-state index in [0.29, 0.717) is 26.3 Å². The molecule has 0 aliphatic heterocycles. The van der Waals surface area contributed by atoms with Gasteiger partial charge in [-0.3, -0.25) is 0 Å². The van der Waals surface area contributed by atoms with E-state index in [4.69, 9.17) is 20.9 Å². The molecule has 0 heterocycles. The third-order valence-corrected chi connectivity index (χ3v) is 2.94. The van der Waals surface area contributed by atoms with Crippen molar-refractivity contribution in [3.8, 4) is 0 Å². The maximum Gasteiger partial charge on any atom is 0.0773 e. The number of ether oxygens (including phenoxy) is 2. The third-order valence-electron chi connectivity index (χ3n) is 2.94. The van der Waals surface area contributed by atoms with Crippen LogP contribution in [-0.2, 0) is 9.47 Å². The lowest BCUT2D eigenvalue weighted by Gasteiger charge is -2.30. The Bertz CT molecular complexity index is 180. The molecule has 1 unspecified atom stereocenters. The SMILES string of the molecule is CCC(C)(CN)OCCC(C)(C)OCCN. The molecule has 0 saturated heterocycles. The van der Waals surface area contributed by atoms with E-state index in [-0.39, 0.29) is 11.2 Å². The number of hydrogen-bond donors (Lipinski definition) is 2. The monoisotopic (exact) mass is 232 g/mol. The van der Waals surface area contributed by atoms with Gasteiger partial charge in [-0.2, -0.15) is 0 Å². The summed E-state index contributed by atoms with van der Waals surface area (Å²) in [4.78, 5) is 0. The van der Waals surface area contributed by atoms with Crippen molar-refractivity contribution >= 4 is 0 Å². The normalized spacial score (nSPS) is 16.1. The molecule has 0 aliphatic carbocycles. The van der Waals surface area contributed by atoms with Crippen LogP contribution >= 0.6 is 0 Å². The molecule has 0 bridgehead atoms. The van der Waals surface area contributed by atoms with Gasteiger partial charge in [0.05, 0.1) is 24.4 Å². The summed E-state index contributed by atoms with van der Waals surface area (Å²) in [5.74, 6) is 0. The molecule has 4 N–H and O–H groups in total. The Morgan fingerprint density at radius 1 is 1.00 bits per heavy atom. The van der Waals surface area contributed by atoms with Crippen LogP contribution in [0.4, 0.5) is 0 Å². The minimum atomic E-state index is -0.204. The summed E-state index contributed by atoms with van der Waals surface area (Å²) < 4.78 is 11.4. The highest BCUT2D eigenvalue weighted by Crippen LogP contribution is 2.18. The van der Waals surface area contributed by atoms with Gasteiger partial charge >= 0.3 is 0 Å². The van der Waals surface area contributed by atoms with Crippen LogP contribution in [0.15, 0.2) is 0 Å². The summed E-state index contributed by atoms with van der Waals surface area (Å²) in [6.45, 7) is 10.6. The minimum absolute atomic E-state index is 0.178. The van der Waals surface area contributed by atoms with Crippen LogP contribution in [0.5, 0.6) is 0 Å². The summed E-state index contributed by atoms with van der Waals surface area (Å²) in [7, 11) is 0. The Balaban J connectivity index is 3.87.